The number of rotatable bonds is 13. The number of ether oxygens (including phenoxy) is 5. The SMILES string of the molecule is C=CCCCCC[C@H](NC(=O)OC(C)(C)C)C(=O)N1[C@H](C(=O)OC)C[C@]12CCc1c(c(C(F)(F)F)nc3ccc(OCCN4CCOCC4)cc13)O2. The maximum absolute atomic E-state index is 14.6. The largest absolute Gasteiger partial charge is 0.492 e. The van der Waals surface area contributed by atoms with Gasteiger partial charge in [-0.1, -0.05) is 18.9 Å². The van der Waals surface area contributed by atoms with Crippen molar-refractivity contribution in [1.82, 2.24) is 20.1 Å². The van der Waals surface area contributed by atoms with Gasteiger partial charge in [0.2, 0.25) is 5.91 Å². The van der Waals surface area contributed by atoms with Crippen LogP contribution in [0.3, 0.4) is 0 Å². The van der Waals surface area contributed by atoms with E-state index in [1.54, 1.807) is 39.0 Å². The number of aromatic nitrogens is 1. The summed E-state index contributed by atoms with van der Waals surface area (Å²) in [4.78, 5) is 47.6. The molecule has 15 heteroatoms. The molecule has 286 valence electrons. The molecule has 1 aromatic carbocycles. The van der Waals surface area contributed by atoms with Gasteiger partial charge < -0.3 is 29.0 Å². The molecule has 0 radical (unpaired) electrons. The predicted molar refractivity (Wildman–Crippen MR) is 185 cm³/mol. The summed E-state index contributed by atoms with van der Waals surface area (Å²) in [5, 5.41) is 3.08. The molecular formula is C37H49F3N4O8. The third kappa shape index (κ3) is 9.08. The Kier molecular flexibility index (Phi) is 12.2. The summed E-state index contributed by atoms with van der Waals surface area (Å²) in [5.41, 5.74) is -3.31. The van der Waals surface area contributed by atoms with Gasteiger partial charge in [0.05, 0.1) is 25.8 Å². The summed E-state index contributed by atoms with van der Waals surface area (Å²) < 4.78 is 72.0. The zero-order valence-electron chi connectivity index (χ0n) is 30.3. The Morgan fingerprint density at radius 2 is 1.90 bits per heavy atom. The van der Waals surface area contributed by atoms with Crippen LogP contribution in [0, 0.1) is 0 Å². The van der Waals surface area contributed by atoms with E-state index in [2.05, 4.69) is 21.8 Å². The van der Waals surface area contributed by atoms with Gasteiger partial charge in [-0.05, 0) is 64.7 Å². The van der Waals surface area contributed by atoms with Gasteiger partial charge >= 0.3 is 18.2 Å². The molecule has 4 heterocycles. The fraction of sp³-hybridized carbons (Fsp3) is 0.622. The number of alkyl halides is 3. The summed E-state index contributed by atoms with van der Waals surface area (Å²) in [6, 6.07) is 2.46. The summed E-state index contributed by atoms with van der Waals surface area (Å²) in [6.45, 7) is 12.7. The first-order valence-electron chi connectivity index (χ1n) is 17.8. The van der Waals surface area contributed by atoms with Gasteiger partial charge in [-0.25, -0.2) is 14.6 Å². The lowest BCUT2D eigenvalue weighted by atomic mass is 9.80. The monoisotopic (exact) mass is 734 g/mol. The smallest absolute Gasteiger partial charge is 0.437 e. The molecule has 1 aromatic heterocycles. The maximum Gasteiger partial charge on any atom is 0.437 e. The summed E-state index contributed by atoms with van der Waals surface area (Å²) >= 11 is 0. The van der Waals surface area contributed by atoms with E-state index < -0.39 is 59.0 Å². The molecule has 2 fully saturated rings. The van der Waals surface area contributed by atoms with Crippen LogP contribution in [0.2, 0.25) is 0 Å². The van der Waals surface area contributed by atoms with Crippen LogP contribution < -0.4 is 14.8 Å². The van der Waals surface area contributed by atoms with Crippen molar-refractivity contribution in [3.63, 3.8) is 0 Å². The standard InChI is InChI=1S/C37H49F3N4O8/c1-6-7-8-9-10-11-28(42-34(47)52-35(2,3)4)32(45)44-29(33(46)48-5)23-36(44)15-14-25-26-22-24(50-21-18-43-16-19-49-20-17-43)12-13-27(26)41-31(30(25)51-36)37(38,39)40/h6,12-13,22,28-29H,1,7-11,14-21,23H2,2-5H3,(H,42,47)/t28-,29-,36+/m0/s1. The quantitative estimate of drug-likeness (QED) is 0.154. The van der Waals surface area contributed by atoms with Crippen LogP contribution in [0.25, 0.3) is 10.9 Å². The van der Waals surface area contributed by atoms with Gasteiger partial charge in [0.15, 0.2) is 17.2 Å². The number of esters is 1. The molecule has 3 aliphatic heterocycles. The van der Waals surface area contributed by atoms with Gasteiger partial charge in [-0.2, -0.15) is 13.2 Å². The van der Waals surface area contributed by atoms with Crippen LogP contribution in [0.4, 0.5) is 18.0 Å². The number of halogens is 3. The first-order chi connectivity index (χ1) is 24.7. The number of benzene rings is 1. The number of hydrogen-bond donors (Lipinski definition) is 1. The summed E-state index contributed by atoms with van der Waals surface area (Å²) in [5.74, 6) is -1.46. The molecule has 0 saturated carbocycles. The zero-order valence-corrected chi connectivity index (χ0v) is 30.3. The van der Waals surface area contributed by atoms with Gasteiger partial charge in [0.1, 0.15) is 30.0 Å². The minimum absolute atomic E-state index is 0.0796. The Labute approximate surface area is 301 Å². The lowest BCUT2D eigenvalue weighted by molar-refractivity contribution is -0.222. The lowest BCUT2D eigenvalue weighted by Crippen LogP contribution is -2.75. The molecule has 2 amide bonds. The fourth-order valence-corrected chi connectivity index (χ4v) is 6.95. The van der Waals surface area contributed by atoms with E-state index in [-0.39, 0.29) is 36.8 Å². The van der Waals surface area contributed by atoms with Crippen LogP contribution in [-0.4, -0.2) is 103 Å². The Hall–Kier alpha value is -4.11. The van der Waals surface area contributed by atoms with Crippen molar-refractivity contribution >= 4 is 28.9 Å². The summed E-state index contributed by atoms with van der Waals surface area (Å²) in [7, 11) is 1.17. The van der Waals surface area contributed by atoms with Crippen molar-refractivity contribution in [2.45, 2.75) is 102 Å². The highest BCUT2D eigenvalue weighted by Crippen LogP contribution is 2.51. The lowest BCUT2D eigenvalue weighted by Gasteiger charge is -2.58. The second-order valence-corrected chi connectivity index (χ2v) is 14.4. The van der Waals surface area contributed by atoms with E-state index in [0.717, 1.165) is 37.3 Å². The number of hydrogen-bond acceptors (Lipinski definition) is 10. The van der Waals surface area contributed by atoms with E-state index in [1.807, 2.05) is 0 Å². The van der Waals surface area contributed by atoms with E-state index in [4.69, 9.17) is 23.7 Å². The number of likely N-dealkylation sites (tertiary alicyclic amines) is 1. The van der Waals surface area contributed by atoms with Crippen molar-refractivity contribution in [1.29, 1.82) is 0 Å². The van der Waals surface area contributed by atoms with E-state index >= 15 is 0 Å². The summed E-state index contributed by atoms with van der Waals surface area (Å²) in [6.07, 6.45) is -0.831. The number of unbranched alkanes of at least 4 members (excludes halogenated alkanes) is 3. The molecule has 3 aliphatic rings. The second-order valence-electron chi connectivity index (χ2n) is 14.4. The first kappa shape index (κ1) is 39.1. The number of amides is 2. The van der Waals surface area contributed by atoms with Gasteiger partial charge in [-0.15, -0.1) is 6.58 Å². The fourth-order valence-electron chi connectivity index (χ4n) is 6.95. The van der Waals surface area contributed by atoms with Crippen LogP contribution in [0.15, 0.2) is 30.9 Å². The molecule has 5 rings (SSSR count). The van der Waals surface area contributed by atoms with E-state index in [0.29, 0.717) is 43.9 Å². The number of nitrogens with one attached hydrogen (secondary N) is 1. The number of alkyl carbamates (subject to hydrolysis) is 1. The number of morpholine rings is 1. The highest BCUT2D eigenvalue weighted by molar-refractivity contribution is 5.92. The van der Waals surface area contributed by atoms with E-state index in [1.165, 1.54) is 13.2 Å². The topological polar surface area (TPSA) is 129 Å². The molecule has 0 unspecified atom stereocenters. The number of aryl methyl sites for hydroxylation is 1. The highest BCUT2D eigenvalue weighted by atomic mass is 19.4. The van der Waals surface area contributed by atoms with Gasteiger partial charge in [-0.3, -0.25) is 14.6 Å². The van der Waals surface area contributed by atoms with E-state index in [9.17, 15) is 27.6 Å². The number of nitrogens with zero attached hydrogens (tertiary/aromatic N) is 3. The predicted octanol–water partition coefficient (Wildman–Crippen LogP) is 5.79. The number of pyridine rings is 1. The maximum atomic E-state index is 14.6. The molecule has 12 nitrogen and oxygen atoms in total. The average Bonchev–Trinajstić information content (AvgIpc) is 3.08. The Morgan fingerprint density at radius 3 is 2.58 bits per heavy atom. The van der Waals surface area contributed by atoms with Crippen molar-refractivity contribution in [2.24, 2.45) is 0 Å². The van der Waals surface area contributed by atoms with Crippen LogP contribution in [-0.2, 0) is 36.4 Å². The molecule has 52 heavy (non-hydrogen) atoms. The normalized spacial score (nSPS) is 21.1. The minimum atomic E-state index is -4.89. The molecule has 3 atom stereocenters. The molecule has 1 spiro atoms. The van der Waals surface area contributed by atoms with Gasteiger partial charge in [0.25, 0.3) is 0 Å². The minimum Gasteiger partial charge on any atom is -0.492 e. The number of allylic oxidation sites excluding steroid dienone is 1. The van der Waals surface area contributed by atoms with Crippen molar-refractivity contribution in [2.75, 3.05) is 46.6 Å². The zero-order chi connectivity index (χ0) is 37.7. The number of carbonyl (C=O) groups excluding carboxylic acids is 3. The Bertz CT molecular complexity index is 1620. The molecular weight excluding hydrogens is 685 g/mol. The first-order valence-corrected chi connectivity index (χ1v) is 17.8. The number of carbonyl (C=O) groups is 3. The average molecular weight is 735 g/mol. The van der Waals surface area contributed by atoms with Crippen molar-refractivity contribution in [3.8, 4) is 11.5 Å². The van der Waals surface area contributed by atoms with Crippen molar-refractivity contribution in [3.05, 3.63) is 42.1 Å². The number of fused-ring (bicyclic) bond motifs is 3. The Balaban J connectivity index is 1.46. The molecule has 0 bridgehead atoms. The molecule has 2 aromatic rings. The van der Waals surface area contributed by atoms with Crippen LogP contribution in [0.5, 0.6) is 11.5 Å². The Morgan fingerprint density at radius 1 is 1.15 bits per heavy atom. The van der Waals surface area contributed by atoms with Gasteiger partial charge in [0, 0.05) is 43.4 Å². The third-order valence-electron chi connectivity index (χ3n) is 9.48. The molecule has 1 N–H and O–H groups in total. The molecule has 2 saturated heterocycles. The van der Waals surface area contributed by atoms with Crippen LogP contribution in [0.1, 0.15) is 77.0 Å². The third-order valence-corrected chi connectivity index (χ3v) is 9.48. The second kappa shape index (κ2) is 16.3. The highest BCUT2D eigenvalue weighted by Gasteiger charge is 2.62. The van der Waals surface area contributed by atoms with Crippen molar-refractivity contribution < 1.29 is 51.2 Å². The number of methoxy groups -OCH3 is 1. The van der Waals surface area contributed by atoms with Crippen LogP contribution >= 0.6 is 0 Å². The molecule has 0 aliphatic carbocycles.